The quantitative estimate of drug-likeness (QED) is 0.778. The Morgan fingerprint density at radius 3 is 2.33 bits per heavy atom. The van der Waals surface area contributed by atoms with Crippen molar-refractivity contribution < 1.29 is 35.9 Å². The van der Waals surface area contributed by atoms with E-state index in [4.69, 9.17) is 5.11 Å². The topological polar surface area (TPSA) is 74.7 Å². The Labute approximate surface area is 125 Å². The van der Waals surface area contributed by atoms with Gasteiger partial charge in [-0.05, 0) is 34.1 Å². The standard InChI is InChI=1S/C10H8BrF4NO4S/c11-7-2-1-6(3-8(7)12)21(19,20)16(4-9(17)18)5-10(13,14)15/h1-3H,4-5H2,(H,17,18). The van der Waals surface area contributed by atoms with Gasteiger partial charge in [-0.1, -0.05) is 0 Å². The monoisotopic (exact) mass is 393 g/mol. The van der Waals surface area contributed by atoms with Crippen LogP contribution in [0.3, 0.4) is 0 Å². The van der Waals surface area contributed by atoms with Crippen LogP contribution in [-0.4, -0.2) is 43.1 Å². The lowest BCUT2D eigenvalue weighted by molar-refractivity contribution is -0.146. The Balaban J connectivity index is 3.25. The molecular formula is C10H8BrF4NO4S. The summed E-state index contributed by atoms with van der Waals surface area (Å²) in [7, 11) is -4.80. The SMILES string of the molecule is O=C(O)CN(CC(F)(F)F)S(=O)(=O)c1ccc(Br)c(F)c1. The number of carboxylic acid groups (broad SMARTS) is 1. The van der Waals surface area contributed by atoms with Crippen LogP contribution in [0.5, 0.6) is 0 Å². The number of rotatable bonds is 5. The van der Waals surface area contributed by atoms with E-state index in [9.17, 15) is 30.8 Å². The third-order valence-electron chi connectivity index (χ3n) is 2.20. The van der Waals surface area contributed by atoms with Crippen molar-refractivity contribution in [2.45, 2.75) is 11.1 Å². The molecule has 118 valence electrons. The number of sulfonamides is 1. The molecule has 0 atom stereocenters. The van der Waals surface area contributed by atoms with Gasteiger partial charge in [0.1, 0.15) is 18.9 Å². The molecule has 21 heavy (non-hydrogen) atoms. The lowest BCUT2D eigenvalue weighted by atomic mass is 10.3. The molecule has 0 aliphatic rings. The molecule has 0 aromatic heterocycles. The molecule has 0 aliphatic carbocycles. The van der Waals surface area contributed by atoms with Crippen LogP contribution in [0.15, 0.2) is 27.6 Å². The van der Waals surface area contributed by atoms with Crippen molar-refractivity contribution >= 4 is 31.9 Å². The van der Waals surface area contributed by atoms with E-state index in [1.807, 2.05) is 0 Å². The third-order valence-corrected chi connectivity index (χ3v) is 4.63. The molecule has 1 rings (SSSR count). The first-order chi connectivity index (χ1) is 9.43. The van der Waals surface area contributed by atoms with Crippen LogP contribution in [0, 0.1) is 5.82 Å². The molecule has 0 spiro atoms. The van der Waals surface area contributed by atoms with Crippen molar-refractivity contribution in [2.24, 2.45) is 0 Å². The van der Waals surface area contributed by atoms with E-state index in [1.54, 1.807) is 0 Å². The zero-order chi connectivity index (χ0) is 16.4. The Kier molecular flexibility index (Phi) is 5.34. The summed E-state index contributed by atoms with van der Waals surface area (Å²) in [6.07, 6.45) is -4.93. The Hall–Kier alpha value is -1.20. The fourth-order valence-electron chi connectivity index (χ4n) is 1.36. The fourth-order valence-corrected chi connectivity index (χ4v) is 3.00. The number of aliphatic carboxylic acids is 1. The minimum Gasteiger partial charge on any atom is -0.480 e. The second kappa shape index (κ2) is 6.28. The highest BCUT2D eigenvalue weighted by Crippen LogP contribution is 2.25. The number of hydrogen-bond donors (Lipinski definition) is 1. The third kappa shape index (κ3) is 4.93. The van der Waals surface area contributed by atoms with Crippen LogP contribution in [-0.2, 0) is 14.8 Å². The summed E-state index contributed by atoms with van der Waals surface area (Å²) in [5.74, 6) is -2.77. The van der Waals surface area contributed by atoms with E-state index in [1.165, 1.54) is 0 Å². The van der Waals surface area contributed by atoms with E-state index in [-0.39, 0.29) is 8.78 Å². The molecule has 0 unspecified atom stereocenters. The van der Waals surface area contributed by atoms with E-state index in [0.717, 1.165) is 12.1 Å². The van der Waals surface area contributed by atoms with E-state index in [0.29, 0.717) is 6.07 Å². The minimum atomic E-state index is -4.93. The molecule has 0 radical (unpaired) electrons. The molecule has 1 aromatic carbocycles. The van der Waals surface area contributed by atoms with Crippen LogP contribution in [0.1, 0.15) is 0 Å². The van der Waals surface area contributed by atoms with Gasteiger partial charge in [0.25, 0.3) is 0 Å². The highest BCUT2D eigenvalue weighted by Gasteiger charge is 2.38. The Morgan fingerprint density at radius 2 is 1.90 bits per heavy atom. The summed E-state index contributed by atoms with van der Waals surface area (Å²) in [5.41, 5.74) is 0. The molecule has 11 heteroatoms. The molecule has 0 amide bonds. The lowest BCUT2D eigenvalue weighted by Crippen LogP contribution is -2.42. The summed E-state index contributed by atoms with van der Waals surface area (Å²) in [5, 5.41) is 8.53. The molecule has 0 aliphatic heterocycles. The summed E-state index contributed by atoms with van der Waals surface area (Å²) in [6.45, 7) is -3.38. The fraction of sp³-hybridized carbons (Fsp3) is 0.300. The molecule has 0 bridgehead atoms. The highest BCUT2D eigenvalue weighted by atomic mass is 79.9. The van der Waals surface area contributed by atoms with Crippen LogP contribution < -0.4 is 0 Å². The molecule has 0 saturated heterocycles. The number of nitrogens with zero attached hydrogens (tertiary/aromatic N) is 1. The minimum absolute atomic E-state index is 0.0814. The summed E-state index contributed by atoms with van der Waals surface area (Å²) < 4.78 is 74.0. The molecule has 1 N–H and O–H groups in total. The van der Waals surface area contributed by atoms with Gasteiger partial charge in [-0.3, -0.25) is 4.79 Å². The van der Waals surface area contributed by atoms with Gasteiger partial charge >= 0.3 is 12.1 Å². The van der Waals surface area contributed by atoms with Crippen molar-refractivity contribution in [3.8, 4) is 0 Å². The van der Waals surface area contributed by atoms with E-state index >= 15 is 0 Å². The van der Waals surface area contributed by atoms with Crippen molar-refractivity contribution in [1.82, 2.24) is 4.31 Å². The maximum Gasteiger partial charge on any atom is 0.402 e. The number of hydrogen-bond acceptors (Lipinski definition) is 3. The van der Waals surface area contributed by atoms with Gasteiger partial charge < -0.3 is 5.11 Å². The number of halogens is 5. The first-order valence-electron chi connectivity index (χ1n) is 5.17. The molecule has 0 fully saturated rings. The summed E-state index contributed by atoms with van der Waals surface area (Å²) in [6, 6.07) is 2.37. The molecule has 0 heterocycles. The van der Waals surface area contributed by atoms with Crippen molar-refractivity contribution in [2.75, 3.05) is 13.1 Å². The molecular weight excluding hydrogens is 386 g/mol. The zero-order valence-corrected chi connectivity index (χ0v) is 12.5. The van der Waals surface area contributed by atoms with Gasteiger partial charge in [-0.15, -0.1) is 0 Å². The first kappa shape index (κ1) is 17.9. The van der Waals surface area contributed by atoms with Crippen LogP contribution >= 0.6 is 15.9 Å². The van der Waals surface area contributed by atoms with Gasteiger partial charge in [0.05, 0.1) is 9.37 Å². The van der Waals surface area contributed by atoms with Crippen LogP contribution in [0.25, 0.3) is 0 Å². The first-order valence-corrected chi connectivity index (χ1v) is 7.40. The average Bonchev–Trinajstić information content (AvgIpc) is 2.29. The molecule has 1 aromatic rings. The predicted octanol–water partition coefficient (Wildman–Crippen LogP) is 2.23. The largest absolute Gasteiger partial charge is 0.480 e. The smallest absolute Gasteiger partial charge is 0.402 e. The summed E-state index contributed by atoms with van der Waals surface area (Å²) >= 11 is 2.76. The van der Waals surface area contributed by atoms with Gasteiger partial charge in [0, 0.05) is 0 Å². The number of carbonyl (C=O) groups is 1. The maximum absolute atomic E-state index is 13.3. The molecule has 0 saturated carbocycles. The average molecular weight is 394 g/mol. The van der Waals surface area contributed by atoms with Crippen molar-refractivity contribution in [1.29, 1.82) is 0 Å². The lowest BCUT2D eigenvalue weighted by Gasteiger charge is -2.21. The second-order valence-electron chi connectivity index (χ2n) is 3.86. The molecule has 5 nitrogen and oxygen atoms in total. The van der Waals surface area contributed by atoms with E-state index in [2.05, 4.69) is 15.9 Å². The van der Waals surface area contributed by atoms with Crippen molar-refractivity contribution in [3.63, 3.8) is 0 Å². The number of carboxylic acids is 1. The predicted molar refractivity (Wildman–Crippen MR) is 66.5 cm³/mol. The van der Waals surface area contributed by atoms with Crippen LogP contribution in [0.2, 0.25) is 0 Å². The van der Waals surface area contributed by atoms with Gasteiger partial charge in [-0.25, -0.2) is 12.8 Å². The van der Waals surface area contributed by atoms with Gasteiger partial charge in [-0.2, -0.15) is 17.5 Å². The number of benzene rings is 1. The summed E-state index contributed by atoms with van der Waals surface area (Å²) in [4.78, 5) is 9.77. The Bertz CT molecular complexity index is 647. The van der Waals surface area contributed by atoms with Crippen molar-refractivity contribution in [3.05, 3.63) is 28.5 Å². The Morgan fingerprint density at radius 1 is 1.33 bits per heavy atom. The second-order valence-corrected chi connectivity index (χ2v) is 6.65. The highest BCUT2D eigenvalue weighted by molar-refractivity contribution is 9.10. The normalized spacial score (nSPS) is 12.7. The number of alkyl halides is 3. The van der Waals surface area contributed by atoms with Crippen LogP contribution in [0.4, 0.5) is 17.6 Å². The van der Waals surface area contributed by atoms with Gasteiger partial charge in [0.15, 0.2) is 0 Å². The van der Waals surface area contributed by atoms with E-state index < -0.39 is 46.0 Å². The zero-order valence-electron chi connectivity index (χ0n) is 10.1. The van der Waals surface area contributed by atoms with Gasteiger partial charge in [0.2, 0.25) is 10.0 Å². The maximum atomic E-state index is 13.3.